The number of benzene rings is 2. The maximum atomic E-state index is 12.6. The van der Waals surface area contributed by atoms with Gasteiger partial charge in [0.05, 0.1) is 18.8 Å². The number of fused-ring (bicyclic) bond motifs is 3. The Morgan fingerprint density at radius 1 is 1.03 bits per heavy atom. The molecule has 1 fully saturated rings. The van der Waals surface area contributed by atoms with Crippen LogP contribution in [0.15, 0.2) is 36.4 Å². The van der Waals surface area contributed by atoms with Crippen LogP contribution in [-0.4, -0.2) is 46.6 Å². The summed E-state index contributed by atoms with van der Waals surface area (Å²) in [7, 11) is 0. The fraction of sp³-hybridized carbons (Fsp3) is 0.364. The van der Waals surface area contributed by atoms with Crippen LogP contribution in [0.1, 0.15) is 41.8 Å². The first-order valence-electron chi connectivity index (χ1n) is 9.48. The third-order valence-electron chi connectivity index (χ3n) is 5.52. The Labute approximate surface area is 168 Å². The van der Waals surface area contributed by atoms with Gasteiger partial charge in [0.1, 0.15) is 5.75 Å². The molecule has 152 valence electrons. The Hall–Kier alpha value is -2.90. The second-order valence-electron chi connectivity index (χ2n) is 8.13. The summed E-state index contributed by atoms with van der Waals surface area (Å²) in [5.74, 6) is -0.780. The molecule has 0 bridgehead atoms. The van der Waals surface area contributed by atoms with Gasteiger partial charge in [-0.1, -0.05) is 18.2 Å². The van der Waals surface area contributed by atoms with Crippen molar-refractivity contribution in [1.82, 2.24) is 5.32 Å². The monoisotopic (exact) mass is 397 g/mol. The number of hydrogen-bond donors (Lipinski definition) is 3. The summed E-state index contributed by atoms with van der Waals surface area (Å²) in [6.07, 6.45) is -0.0439. The highest BCUT2D eigenvalue weighted by atomic mass is 16.7. The van der Waals surface area contributed by atoms with Crippen molar-refractivity contribution >= 4 is 11.9 Å². The van der Waals surface area contributed by atoms with E-state index >= 15 is 0 Å². The van der Waals surface area contributed by atoms with E-state index in [0.29, 0.717) is 24.0 Å². The van der Waals surface area contributed by atoms with Crippen LogP contribution in [-0.2, 0) is 15.9 Å². The highest BCUT2D eigenvalue weighted by molar-refractivity contribution is 6.21. The lowest BCUT2D eigenvalue weighted by Crippen LogP contribution is -2.61. The summed E-state index contributed by atoms with van der Waals surface area (Å²) in [5, 5.41) is 21.5. The molecule has 3 N–H and O–H groups in total. The highest BCUT2D eigenvalue weighted by Gasteiger charge is 2.41. The SMILES string of the molecule is CC1(C)OCC(CCc2ccc3c(c2)-c2ccc(O)cc2C3=O)(NC(=O)O)CO1. The van der Waals surface area contributed by atoms with Crippen molar-refractivity contribution in [2.75, 3.05) is 13.2 Å². The average molecular weight is 397 g/mol. The molecule has 7 nitrogen and oxygen atoms in total. The number of ether oxygens (including phenoxy) is 2. The van der Waals surface area contributed by atoms with Crippen LogP contribution in [0, 0.1) is 0 Å². The molecule has 0 spiro atoms. The zero-order chi connectivity index (χ0) is 20.8. The molecule has 1 saturated heterocycles. The molecule has 0 saturated carbocycles. The molecular weight excluding hydrogens is 374 g/mol. The van der Waals surface area contributed by atoms with Gasteiger partial charge in [0.15, 0.2) is 11.6 Å². The van der Waals surface area contributed by atoms with Gasteiger partial charge in [0.25, 0.3) is 0 Å². The molecular formula is C22H23NO6. The largest absolute Gasteiger partial charge is 0.508 e. The van der Waals surface area contributed by atoms with Gasteiger partial charge >= 0.3 is 6.09 Å². The average Bonchev–Trinajstić information content (AvgIpc) is 2.94. The number of carboxylic acid groups (broad SMARTS) is 1. The van der Waals surface area contributed by atoms with Crippen molar-refractivity contribution in [3.8, 4) is 16.9 Å². The van der Waals surface area contributed by atoms with E-state index in [9.17, 15) is 19.8 Å². The van der Waals surface area contributed by atoms with Gasteiger partial charge in [-0.2, -0.15) is 0 Å². The van der Waals surface area contributed by atoms with Crippen molar-refractivity contribution in [1.29, 1.82) is 0 Å². The fourth-order valence-electron chi connectivity index (χ4n) is 3.86. The molecule has 0 atom stereocenters. The van der Waals surface area contributed by atoms with Crippen LogP contribution >= 0.6 is 0 Å². The highest BCUT2D eigenvalue weighted by Crippen LogP contribution is 2.39. The Kier molecular flexibility index (Phi) is 4.59. The smallest absolute Gasteiger partial charge is 0.405 e. The van der Waals surface area contributed by atoms with Gasteiger partial charge in [-0.05, 0) is 61.6 Å². The number of carbonyl (C=O) groups excluding carboxylic acids is 1. The van der Waals surface area contributed by atoms with E-state index in [1.807, 2.05) is 12.1 Å². The quantitative estimate of drug-likeness (QED) is 0.624. The summed E-state index contributed by atoms with van der Waals surface area (Å²) in [6.45, 7) is 4.03. The summed E-state index contributed by atoms with van der Waals surface area (Å²) < 4.78 is 11.4. The number of amides is 1. The minimum absolute atomic E-state index is 0.0621. The Morgan fingerprint density at radius 2 is 1.72 bits per heavy atom. The number of aryl methyl sites for hydroxylation is 1. The number of phenolic OH excluding ortho intramolecular Hbond substituents is 1. The molecule has 2 aromatic rings. The zero-order valence-corrected chi connectivity index (χ0v) is 16.3. The molecule has 0 aromatic heterocycles. The molecule has 29 heavy (non-hydrogen) atoms. The summed E-state index contributed by atoms with van der Waals surface area (Å²) in [6, 6.07) is 10.4. The van der Waals surface area contributed by atoms with E-state index < -0.39 is 17.4 Å². The lowest BCUT2D eigenvalue weighted by atomic mass is 9.90. The van der Waals surface area contributed by atoms with Crippen LogP contribution in [0.25, 0.3) is 11.1 Å². The minimum Gasteiger partial charge on any atom is -0.508 e. The first-order chi connectivity index (χ1) is 13.7. The second kappa shape index (κ2) is 6.86. The number of rotatable bonds is 4. The maximum Gasteiger partial charge on any atom is 0.405 e. The van der Waals surface area contributed by atoms with Crippen LogP contribution in [0.5, 0.6) is 5.75 Å². The van der Waals surface area contributed by atoms with E-state index in [-0.39, 0.29) is 24.7 Å². The summed E-state index contributed by atoms with van der Waals surface area (Å²) in [5.41, 5.74) is 2.89. The standard InChI is InChI=1S/C22H23NO6/c1-21(2)28-11-22(12-29-21,23-20(26)27)8-7-13-3-5-16-17(9-13)15-6-4-14(24)10-18(15)19(16)25/h3-6,9-10,23-24H,7-8,11-12H2,1-2H3,(H,26,27). The van der Waals surface area contributed by atoms with Gasteiger partial charge < -0.3 is 25.0 Å². The van der Waals surface area contributed by atoms with Crippen molar-refractivity contribution < 1.29 is 29.3 Å². The van der Waals surface area contributed by atoms with Gasteiger partial charge in [-0.25, -0.2) is 4.79 Å². The first-order valence-corrected chi connectivity index (χ1v) is 9.48. The van der Waals surface area contributed by atoms with Crippen molar-refractivity contribution in [3.63, 3.8) is 0 Å². The molecule has 0 radical (unpaired) electrons. The molecule has 2 aromatic carbocycles. The second-order valence-corrected chi connectivity index (χ2v) is 8.13. The normalized spacial score (nSPS) is 18.8. The number of ketones is 1. The maximum absolute atomic E-state index is 12.6. The Balaban J connectivity index is 1.56. The number of hydrogen-bond acceptors (Lipinski definition) is 5. The van der Waals surface area contributed by atoms with E-state index in [1.54, 1.807) is 32.0 Å². The van der Waals surface area contributed by atoms with Crippen molar-refractivity contribution in [2.45, 2.75) is 38.0 Å². The predicted molar refractivity (Wildman–Crippen MR) is 105 cm³/mol. The summed E-state index contributed by atoms with van der Waals surface area (Å²) >= 11 is 0. The van der Waals surface area contributed by atoms with Crippen molar-refractivity contribution in [3.05, 3.63) is 53.1 Å². The van der Waals surface area contributed by atoms with E-state index in [4.69, 9.17) is 9.47 Å². The number of nitrogens with one attached hydrogen (secondary N) is 1. The van der Waals surface area contributed by atoms with Crippen LogP contribution in [0.2, 0.25) is 0 Å². The molecule has 1 heterocycles. The molecule has 1 aliphatic carbocycles. The zero-order valence-electron chi connectivity index (χ0n) is 16.3. The molecule has 2 aliphatic rings. The van der Waals surface area contributed by atoms with Gasteiger partial charge in [-0.15, -0.1) is 0 Å². The molecule has 0 unspecified atom stereocenters. The summed E-state index contributed by atoms with van der Waals surface area (Å²) in [4.78, 5) is 23.9. The van der Waals surface area contributed by atoms with Crippen LogP contribution in [0.3, 0.4) is 0 Å². The fourth-order valence-corrected chi connectivity index (χ4v) is 3.86. The van der Waals surface area contributed by atoms with Crippen LogP contribution in [0.4, 0.5) is 4.79 Å². The van der Waals surface area contributed by atoms with Gasteiger partial charge in [-0.3, -0.25) is 4.79 Å². The van der Waals surface area contributed by atoms with E-state index in [0.717, 1.165) is 16.7 Å². The topological polar surface area (TPSA) is 105 Å². The number of aromatic hydroxyl groups is 1. The van der Waals surface area contributed by atoms with E-state index in [2.05, 4.69) is 5.32 Å². The van der Waals surface area contributed by atoms with E-state index in [1.165, 1.54) is 6.07 Å². The third-order valence-corrected chi connectivity index (χ3v) is 5.52. The molecule has 4 rings (SSSR count). The Bertz CT molecular complexity index is 987. The number of carbonyl (C=O) groups is 2. The third kappa shape index (κ3) is 3.71. The minimum atomic E-state index is -1.12. The van der Waals surface area contributed by atoms with Crippen molar-refractivity contribution in [2.24, 2.45) is 0 Å². The van der Waals surface area contributed by atoms with Crippen LogP contribution < -0.4 is 5.32 Å². The van der Waals surface area contributed by atoms with Gasteiger partial charge in [0.2, 0.25) is 0 Å². The Morgan fingerprint density at radius 3 is 2.41 bits per heavy atom. The molecule has 1 amide bonds. The predicted octanol–water partition coefficient (Wildman–Crippen LogP) is 3.33. The molecule has 7 heteroatoms. The lowest BCUT2D eigenvalue weighted by molar-refractivity contribution is -0.271. The molecule has 1 aliphatic heterocycles. The number of phenols is 1. The first kappa shape index (κ1) is 19.4. The van der Waals surface area contributed by atoms with Gasteiger partial charge in [0, 0.05) is 11.1 Å². The lowest BCUT2D eigenvalue weighted by Gasteiger charge is -2.43.